The van der Waals surface area contributed by atoms with E-state index < -0.39 is 11.4 Å². The van der Waals surface area contributed by atoms with Crippen molar-refractivity contribution in [3.63, 3.8) is 0 Å². The number of aryl methyl sites for hydroxylation is 1. The van der Waals surface area contributed by atoms with Gasteiger partial charge in [-0.05, 0) is 43.6 Å². The highest BCUT2D eigenvalue weighted by atomic mass is 16.4. The Kier molecular flexibility index (Phi) is 4.12. The number of aromatic nitrogens is 2. The zero-order valence-corrected chi connectivity index (χ0v) is 14.6. The minimum Gasteiger partial charge on any atom is -0.481 e. The predicted octanol–water partition coefficient (Wildman–Crippen LogP) is 3.19. The molecule has 1 aliphatic heterocycles. The average Bonchev–Trinajstić information content (AvgIpc) is 3.19. The third kappa shape index (κ3) is 2.86. The molecule has 0 spiro atoms. The molecule has 0 unspecified atom stereocenters. The van der Waals surface area contributed by atoms with Crippen LogP contribution in [0.25, 0.3) is 0 Å². The van der Waals surface area contributed by atoms with Gasteiger partial charge in [-0.2, -0.15) is 0 Å². The fourth-order valence-corrected chi connectivity index (χ4v) is 4.81. The molecule has 1 aliphatic carbocycles. The number of fused-ring (bicyclic) bond motifs is 1. The second-order valence-corrected chi connectivity index (χ2v) is 7.68. The first kappa shape index (κ1) is 16.3. The SMILES string of the molecule is Cc1[nH]cnc1CN1C[C@@H]2C[C@@H](c3ccccc3)CC[C@]2(C(=O)O)C1. The normalized spacial score (nSPS) is 29.5. The van der Waals surface area contributed by atoms with Gasteiger partial charge in [0.25, 0.3) is 0 Å². The molecule has 1 saturated carbocycles. The number of benzene rings is 1. The highest BCUT2D eigenvalue weighted by Gasteiger charge is 2.54. The smallest absolute Gasteiger partial charge is 0.311 e. The maximum absolute atomic E-state index is 12.2. The van der Waals surface area contributed by atoms with Crippen molar-refractivity contribution in [3.05, 3.63) is 53.6 Å². The molecular formula is C20H25N3O2. The van der Waals surface area contributed by atoms with E-state index in [1.54, 1.807) is 6.33 Å². The number of aromatic amines is 1. The van der Waals surface area contributed by atoms with Crippen LogP contribution in [0, 0.1) is 18.3 Å². The fourth-order valence-electron chi connectivity index (χ4n) is 4.81. The average molecular weight is 339 g/mol. The Morgan fingerprint density at radius 3 is 2.88 bits per heavy atom. The van der Waals surface area contributed by atoms with Crippen molar-refractivity contribution < 1.29 is 9.90 Å². The molecule has 4 rings (SSSR count). The van der Waals surface area contributed by atoms with Gasteiger partial charge in [0.2, 0.25) is 0 Å². The van der Waals surface area contributed by atoms with Crippen LogP contribution in [0.5, 0.6) is 0 Å². The van der Waals surface area contributed by atoms with Gasteiger partial charge in [0.1, 0.15) is 0 Å². The Labute approximate surface area is 148 Å². The second-order valence-electron chi connectivity index (χ2n) is 7.68. The molecule has 0 radical (unpaired) electrons. The largest absolute Gasteiger partial charge is 0.481 e. The predicted molar refractivity (Wildman–Crippen MR) is 95.2 cm³/mol. The van der Waals surface area contributed by atoms with Crippen LogP contribution >= 0.6 is 0 Å². The summed E-state index contributed by atoms with van der Waals surface area (Å²) >= 11 is 0. The van der Waals surface area contributed by atoms with Crippen LogP contribution < -0.4 is 0 Å². The lowest BCUT2D eigenvalue weighted by Gasteiger charge is -2.38. The minimum atomic E-state index is -0.620. The Morgan fingerprint density at radius 1 is 1.40 bits per heavy atom. The summed E-state index contributed by atoms with van der Waals surface area (Å²) in [7, 11) is 0. The number of carbonyl (C=O) groups is 1. The van der Waals surface area contributed by atoms with Gasteiger partial charge in [-0.1, -0.05) is 30.3 Å². The van der Waals surface area contributed by atoms with Gasteiger partial charge in [0.05, 0.1) is 17.4 Å². The first-order valence-electron chi connectivity index (χ1n) is 9.08. The number of likely N-dealkylation sites (tertiary alicyclic amines) is 1. The number of aliphatic carboxylic acids is 1. The van der Waals surface area contributed by atoms with E-state index in [0.29, 0.717) is 12.5 Å². The number of hydrogen-bond acceptors (Lipinski definition) is 3. The standard InChI is InChI=1S/C20H25N3O2/c1-14-18(22-13-21-14)11-23-10-17-9-16(15-5-3-2-4-6-15)7-8-20(17,12-23)19(24)25/h2-6,13,16-17H,7-12H2,1H3,(H,21,22)(H,24,25)/t16-,17-,20-/m0/s1. The number of H-pyrrole nitrogens is 1. The summed E-state index contributed by atoms with van der Waals surface area (Å²) < 4.78 is 0. The summed E-state index contributed by atoms with van der Waals surface area (Å²) in [6.07, 6.45) is 4.41. The summed E-state index contributed by atoms with van der Waals surface area (Å²) in [5.41, 5.74) is 2.86. The number of hydrogen-bond donors (Lipinski definition) is 2. The van der Waals surface area contributed by atoms with Gasteiger partial charge in [0, 0.05) is 25.3 Å². The molecule has 2 aliphatic rings. The van der Waals surface area contributed by atoms with Crippen molar-refractivity contribution in [2.24, 2.45) is 11.3 Å². The van der Waals surface area contributed by atoms with E-state index in [1.807, 2.05) is 13.0 Å². The van der Waals surface area contributed by atoms with Crippen molar-refractivity contribution in [1.82, 2.24) is 14.9 Å². The fraction of sp³-hybridized carbons (Fsp3) is 0.500. The van der Waals surface area contributed by atoms with E-state index in [2.05, 4.69) is 39.1 Å². The maximum Gasteiger partial charge on any atom is 0.311 e. The van der Waals surface area contributed by atoms with Crippen molar-refractivity contribution >= 4 is 5.97 Å². The zero-order valence-electron chi connectivity index (χ0n) is 14.6. The number of imidazole rings is 1. The van der Waals surface area contributed by atoms with E-state index in [9.17, 15) is 9.90 Å². The molecule has 2 N–H and O–H groups in total. The van der Waals surface area contributed by atoms with Crippen LogP contribution in [0.1, 0.15) is 42.1 Å². The lowest BCUT2D eigenvalue weighted by atomic mass is 9.64. The number of carboxylic acids is 1. The molecule has 3 atom stereocenters. The van der Waals surface area contributed by atoms with E-state index in [4.69, 9.17) is 0 Å². The van der Waals surface area contributed by atoms with Crippen molar-refractivity contribution in [2.75, 3.05) is 13.1 Å². The molecule has 0 bridgehead atoms. The summed E-state index contributed by atoms with van der Waals surface area (Å²) in [4.78, 5) is 21.9. The molecule has 5 nitrogen and oxygen atoms in total. The van der Waals surface area contributed by atoms with Crippen molar-refractivity contribution in [2.45, 2.75) is 38.6 Å². The molecule has 1 aromatic heterocycles. The first-order valence-corrected chi connectivity index (χ1v) is 9.08. The van der Waals surface area contributed by atoms with Gasteiger partial charge >= 0.3 is 5.97 Å². The summed E-state index contributed by atoms with van der Waals surface area (Å²) in [6, 6.07) is 10.6. The lowest BCUT2D eigenvalue weighted by Crippen LogP contribution is -2.42. The molecule has 132 valence electrons. The van der Waals surface area contributed by atoms with Gasteiger partial charge in [0.15, 0.2) is 0 Å². The van der Waals surface area contributed by atoms with Crippen LogP contribution in [-0.2, 0) is 11.3 Å². The quantitative estimate of drug-likeness (QED) is 0.897. The highest BCUT2D eigenvalue weighted by Crippen LogP contribution is 2.51. The molecular weight excluding hydrogens is 314 g/mol. The number of nitrogens with one attached hydrogen (secondary N) is 1. The topological polar surface area (TPSA) is 69.2 Å². The van der Waals surface area contributed by atoms with Crippen LogP contribution in [0.2, 0.25) is 0 Å². The van der Waals surface area contributed by atoms with Crippen LogP contribution in [0.3, 0.4) is 0 Å². The molecule has 2 aromatic rings. The Morgan fingerprint density at radius 2 is 2.20 bits per heavy atom. The van der Waals surface area contributed by atoms with Crippen molar-refractivity contribution in [1.29, 1.82) is 0 Å². The lowest BCUT2D eigenvalue weighted by molar-refractivity contribution is -0.152. The molecule has 2 fully saturated rings. The van der Waals surface area contributed by atoms with Crippen LogP contribution in [0.4, 0.5) is 0 Å². The first-order chi connectivity index (χ1) is 12.1. The molecule has 25 heavy (non-hydrogen) atoms. The molecule has 5 heteroatoms. The van der Waals surface area contributed by atoms with Crippen LogP contribution in [-0.4, -0.2) is 39.0 Å². The van der Waals surface area contributed by atoms with Crippen molar-refractivity contribution in [3.8, 4) is 0 Å². The van der Waals surface area contributed by atoms with E-state index >= 15 is 0 Å². The third-order valence-corrected chi connectivity index (χ3v) is 6.28. The Bertz CT molecular complexity index is 757. The molecule has 2 heterocycles. The Balaban J connectivity index is 1.54. The van der Waals surface area contributed by atoms with E-state index in [1.165, 1.54) is 5.56 Å². The summed E-state index contributed by atoms with van der Waals surface area (Å²) in [5, 5.41) is 10.0. The maximum atomic E-state index is 12.2. The van der Waals surface area contributed by atoms with Gasteiger partial charge < -0.3 is 10.1 Å². The Hall–Kier alpha value is -2.14. The number of carboxylic acid groups (broad SMARTS) is 1. The second kappa shape index (κ2) is 6.30. The number of nitrogens with zero attached hydrogens (tertiary/aromatic N) is 2. The zero-order chi connectivity index (χ0) is 17.4. The van der Waals surface area contributed by atoms with Crippen LogP contribution in [0.15, 0.2) is 36.7 Å². The summed E-state index contributed by atoms with van der Waals surface area (Å²) in [6.45, 7) is 4.24. The van der Waals surface area contributed by atoms with Gasteiger partial charge in [-0.15, -0.1) is 0 Å². The van der Waals surface area contributed by atoms with Gasteiger partial charge in [-0.3, -0.25) is 9.69 Å². The molecule has 1 saturated heterocycles. The monoisotopic (exact) mass is 339 g/mol. The summed E-state index contributed by atoms with van der Waals surface area (Å²) in [5.74, 6) is 0.0687. The van der Waals surface area contributed by atoms with Gasteiger partial charge in [-0.25, -0.2) is 4.98 Å². The van der Waals surface area contributed by atoms with E-state index in [-0.39, 0.29) is 5.92 Å². The number of rotatable bonds is 4. The molecule has 0 amide bonds. The minimum absolute atomic E-state index is 0.211. The molecule has 1 aromatic carbocycles. The van der Waals surface area contributed by atoms with E-state index in [0.717, 1.165) is 43.7 Å². The highest BCUT2D eigenvalue weighted by molar-refractivity contribution is 5.76. The third-order valence-electron chi connectivity index (χ3n) is 6.28.